The Morgan fingerprint density at radius 3 is 1.32 bits per heavy atom. The second-order valence-corrected chi connectivity index (χ2v) is 8.89. The van der Waals surface area contributed by atoms with Crippen LogP contribution >= 0.6 is 0 Å². The van der Waals surface area contributed by atoms with Gasteiger partial charge in [-0.05, 0) is 66.4 Å². The lowest BCUT2D eigenvalue weighted by Gasteiger charge is -2.18. The van der Waals surface area contributed by atoms with Gasteiger partial charge < -0.3 is 0 Å². The maximum Gasteiger partial charge on any atom is -0.00201 e. The zero-order valence-corrected chi connectivity index (χ0v) is 18.7. The van der Waals surface area contributed by atoms with Crippen LogP contribution in [-0.4, -0.2) is 0 Å². The van der Waals surface area contributed by atoms with E-state index in [4.69, 9.17) is 0 Å². The fraction of sp³-hybridized carbons (Fsp3) is 0. The molecular weight excluding hydrogens is 408 g/mol. The molecule has 0 saturated heterocycles. The highest BCUT2D eigenvalue weighted by Gasteiger charge is 2.24. The number of benzene rings is 6. The first-order chi connectivity index (χ1) is 16.9. The molecule has 158 valence electrons. The largest absolute Gasteiger partial charge is 0.0622 e. The predicted molar refractivity (Wildman–Crippen MR) is 145 cm³/mol. The summed E-state index contributed by atoms with van der Waals surface area (Å²) in [6, 6.07) is 48.4. The molecule has 0 unspecified atom stereocenters. The monoisotopic (exact) mass is 430 g/mol. The van der Waals surface area contributed by atoms with Crippen molar-refractivity contribution in [3.63, 3.8) is 0 Å². The van der Waals surface area contributed by atoms with Gasteiger partial charge in [0.05, 0.1) is 0 Å². The number of rotatable bonds is 3. The van der Waals surface area contributed by atoms with Gasteiger partial charge >= 0.3 is 0 Å². The maximum atomic E-state index is 2.33. The minimum atomic E-state index is 1.24. The van der Waals surface area contributed by atoms with E-state index >= 15 is 0 Å². The lowest BCUT2D eigenvalue weighted by atomic mass is 9.85. The Morgan fingerprint density at radius 1 is 0.265 bits per heavy atom. The Hall–Kier alpha value is -4.42. The van der Waals surface area contributed by atoms with Gasteiger partial charge in [0.25, 0.3) is 0 Å². The average molecular weight is 431 g/mol. The third-order valence-corrected chi connectivity index (χ3v) is 7.05. The van der Waals surface area contributed by atoms with E-state index in [0.717, 1.165) is 0 Å². The molecule has 0 aromatic heterocycles. The minimum Gasteiger partial charge on any atom is -0.0622 e. The van der Waals surface area contributed by atoms with E-state index in [1.54, 1.807) is 0 Å². The van der Waals surface area contributed by atoms with Crippen LogP contribution in [0.4, 0.5) is 0 Å². The summed E-state index contributed by atoms with van der Waals surface area (Å²) in [7, 11) is 0. The quantitative estimate of drug-likeness (QED) is 0.262. The fourth-order valence-electron chi connectivity index (χ4n) is 5.59. The van der Waals surface area contributed by atoms with E-state index in [1.807, 2.05) is 0 Å². The molecule has 6 aromatic rings. The van der Waals surface area contributed by atoms with Crippen LogP contribution in [0.25, 0.3) is 66.4 Å². The van der Waals surface area contributed by atoms with Gasteiger partial charge in [0.15, 0.2) is 0 Å². The van der Waals surface area contributed by atoms with Crippen molar-refractivity contribution < 1.29 is 0 Å². The third-order valence-electron chi connectivity index (χ3n) is 7.05. The van der Waals surface area contributed by atoms with E-state index in [9.17, 15) is 0 Å². The van der Waals surface area contributed by atoms with E-state index in [1.165, 1.54) is 66.4 Å². The summed E-state index contributed by atoms with van der Waals surface area (Å²) < 4.78 is 0. The topological polar surface area (TPSA) is 0 Å². The molecule has 0 spiro atoms. The third kappa shape index (κ3) is 2.79. The van der Waals surface area contributed by atoms with Crippen molar-refractivity contribution in [2.45, 2.75) is 0 Å². The summed E-state index contributed by atoms with van der Waals surface area (Å²) in [6.07, 6.45) is 0. The van der Waals surface area contributed by atoms with Crippen LogP contribution in [-0.2, 0) is 0 Å². The highest BCUT2D eigenvalue weighted by molar-refractivity contribution is 6.20. The van der Waals surface area contributed by atoms with Crippen LogP contribution in [0.2, 0.25) is 0 Å². The van der Waals surface area contributed by atoms with Crippen molar-refractivity contribution in [1.82, 2.24) is 0 Å². The van der Waals surface area contributed by atoms with Gasteiger partial charge in [-0.15, -0.1) is 0 Å². The first-order valence-electron chi connectivity index (χ1n) is 11.8. The highest BCUT2D eigenvalue weighted by atomic mass is 14.3. The van der Waals surface area contributed by atoms with Gasteiger partial charge in [0, 0.05) is 0 Å². The number of hydrogen-bond acceptors (Lipinski definition) is 0. The SMILES string of the molecule is c1ccc(-c2cccc(-c3ccccc3)c2-c2ccc3c4c(cccc24)-c2ccccc2-3)cc1. The lowest BCUT2D eigenvalue weighted by Crippen LogP contribution is -1.92. The summed E-state index contributed by atoms with van der Waals surface area (Å²) in [6.45, 7) is 0. The molecule has 7 rings (SSSR count). The van der Waals surface area contributed by atoms with Crippen LogP contribution in [0, 0.1) is 0 Å². The van der Waals surface area contributed by atoms with E-state index in [0.29, 0.717) is 0 Å². The highest BCUT2D eigenvalue weighted by Crippen LogP contribution is 2.51. The molecule has 0 aliphatic heterocycles. The smallest absolute Gasteiger partial charge is 0.00201 e. The zero-order valence-electron chi connectivity index (χ0n) is 18.7. The normalized spacial score (nSPS) is 11.5. The molecule has 0 heterocycles. The van der Waals surface area contributed by atoms with E-state index in [-0.39, 0.29) is 0 Å². The molecular formula is C34H22. The molecule has 0 fully saturated rings. The minimum absolute atomic E-state index is 1.24. The van der Waals surface area contributed by atoms with E-state index in [2.05, 4.69) is 133 Å². The van der Waals surface area contributed by atoms with Crippen molar-refractivity contribution in [3.8, 4) is 55.6 Å². The molecule has 0 bridgehead atoms. The molecule has 1 aliphatic rings. The second kappa shape index (κ2) is 7.57. The van der Waals surface area contributed by atoms with Gasteiger partial charge in [-0.25, -0.2) is 0 Å². The Kier molecular flexibility index (Phi) is 4.25. The summed E-state index contributed by atoms with van der Waals surface area (Å²) in [5, 5.41) is 2.68. The summed E-state index contributed by atoms with van der Waals surface area (Å²) in [5.74, 6) is 0. The lowest BCUT2D eigenvalue weighted by molar-refractivity contribution is 1.57. The molecule has 0 saturated carbocycles. The van der Waals surface area contributed by atoms with Crippen LogP contribution in [0.15, 0.2) is 133 Å². The standard InChI is InChI=1S/C34H22/c1-3-11-23(12-4-1)25-17-9-18-26(24-13-5-2-6-14-24)33(25)32-22-21-31-28-16-8-7-15-27(28)29-19-10-20-30(32)34(29)31/h1-22H. The average Bonchev–Trinajstić information content (AvgIpc) is 3.25. The molecule has 0 N–H and O–H groups in total. The fourth-order valence-corrected chi connectivity index (χ4v) is 5.59. The molecule has 34 heavy (non-hydrogen) atoms. The van der Waals surface area contributed by atoms with Crippen LogP contribution in [0.3, 0.4) is 0 Å². The number of hydrogen-bond donors (Lipinski definition) is 0. The summed E-state index contributed by atoms with van der Waals surface area (Å²) >= 11 is 0. The van der Waals surface area contributed by atoms with Crippen LogP contribution in [0.5, 0.6) is 0 Å². The molecule has 0 radical (unpaired) electrons. The Morgan fingerprint density at radius 2 is 0.706 bits per heavy atom. The Bertz CT molecular complexity index is 1590. The maximum absolute atomic E-state index is 2.33. The Balaban J connectivity index is 1.59. The zero-order chi connectivity index (χ0) is 22.5. The van der Waals surface area contributed by atoms with Gasteiger partial charge in [-0.3, -0.25) is 0 Å². The van der Waals surface area contributed by atoms with E-state index < -0.39 is 0 Å². The predicted octanol–water partition coefficient (Wildman–Crippen LogP) is 9.49. The van der Waals surface area contributed by atoms with Gasteiger partial charge in [-0.2, -0.15) is 0 Å². The molecule has 0 atom stereocenters. The van der Waals surface area contributed by atoms with Crippen molar-refractivity contribution in [2.24, 2.45) is 0 Å². The van der Waals surface area contributed by atoms with Gasteiger partial charge in [0.1, 0.15) is 0 Å². The molecule has 6 aromatic carbocycles. The van der Waals surface area contributed by atoms with Crippen molar-refractivity contribution in [3.05, 3.63) is 133 Å². The second-order valence-electron chi connectivity index (χ2n) is 8.89. The summed E-state index contributed by atoms with van der Waals surface area (Å²) in [4.78, 5) is 0. The summed E-state index contributed by atoms with van der Waals surface area (Å²) in [5.41, 5.74) is 12.9. The van der Waals surface area contributed by atoms with Crippen molar-refractivity contribution >= 4 is 10.8 Å². The molecule has 0 nitrogen and oxygen atoms in total. The molecule has 0 amide bonds. The molecule has 0 heteroatoms. The van der Waals surface area contributed by atoms with Crippen LogP contribution in [0.1, 0.15) is 0 Å². The van der Waals surface area contributed by atoms with Crippen molar-refractivity contribution in [2.75, 3.05) is 0 Å². The first-order valence-corrected chi connectivity index (χ1v) is 11.8. The molecule has 1 aliphatic carbocycles. The van der Waals surface area contributed by atoms with Crippen molar-refractivity contribution in [1.29, 1.82) is 0 Å². The van der Waals surface area contributed by atoms with Gasteiger partial charge in [-0.1, -0.05) is 133 Å². The van der Waals surface area contributed by atoms with Crippen LogP contribution < -0.4 is 0 Å². The number of fused-ring (bicyclic) bond motifs is 3. The first kappa shape index (κ1) is 19.1. The Labute approximate surface area is 199 Å². The van der Waals surface area contributed by atoms with Gasteiger partial charge in [0.2, 0.25) is 0 Å².